The number of nitrogens with one attached hydrogen (secondary N) is 1. The van der Waals surface area contributed by atoms with E-state index in [9.17, 15) is 4.39 Å². The number of nitrogens with zero attached hydrogens (tertiary/aromatic N) is 2. The summed E-state index contributed by atoms with van der Waals surface area (Å²) in [6, 6.07) is 10.2. The zero-order chi connectivity index (χ0) is 11.4. The largest absolute Gasteiger partial charge is 0.439 e. The maximum Gasteiger partial charge on any atom is 0.228 e. The Bertz CT molecular complexity index is 476. The SMILES string of the molecule is CNc1nc(F)cc(Oc2ccccc2)n1. The van der Waals surface area contributed by atoms with Crippen LogP contribution in [0.2, 0.25) is 0 Å². The van der Waals surface area contributed by atoms with Crippen molar-refractivity contribution in [2.45, 2.75) is 0 Å². The molecule has 1 aromatic heterocycles. The van der Waals surface area contributed by atoms with Gasteiger partial charge in [-0.3, -0.25) is 0 Å². The fourth-order valence-corrected chi connectivity index (χ4v) is 1.17. The number of aromatic nitrogens is 2. The summed E-state index contributed by atoms with van der Waals surface area (Å²) in [4.78, 5) is 7.49. The zero-order valence-corrected chi connectivity index (χ0v) is 8.64. The van der Waals surface area contributed by atoms with Gasteiger partial charge in [-0.05, 0) is 12.1 Å². The summed E-state index contributed by atoms with van der Waals surface area (Å²) >= 11 is 0. The topological polar surface area (TPSA) is 47.0 Å². The molecule has 1 heterocycles. The number of anilines is 1. The molecule has 16 heavy (non-hydrogen) atoms. The van der Waals surface area contributed by atoms with E-state index in [1.807, 2.05) is 18.2 Å². The fourth-order valence-electron chi connectivity index (χ4n) is 1.17. The van der Waals surface area contributed by atoms with E-state index in [0.29, 0.717) is 5.75 Å². The van der Waals surface area contributed by atoms with Crippen LogP contribution >= 0.6 is 0 Å². The summed E-state index contributed by atoms with van der Waals surface area (Å²) in [6.07, 6.45) is 0. The van der Waals surface area contributed by atoms with E-state index in [1.54, 1.807) is 19.2 Å². The molecule has 5 heteroatoms. The molecule has 0 aliphatic heterocycles. The molecule has 0 saturated carbocycles. The molecule has 0 fully saturated rings. The predicted octanol–water partition coefficient (Wildman–Crippen LogP) is 2.45. The number of rotatable bonds is 3. The van der Waals surface area contributed by atoms with Crippen LogP contribution in [0.1, 0.15) is 0 Å². The molecule has 0 atom stereocenters. The normalized spacial score (nSPS) is 9.88. The average Bonchev–Trinajstić information content (AvgIpc) is 2.29. The standard InChI is InChI=1S/C11H10FN3O/c1-13-11-14-9(12)7-10(15-11)16-8-5-3-2-4-6-8/h2-7H,1H3,(H,13,14,15). The summed E-state index contributed by atoms with van der Waals surface area (Å²) < 4.78 is 18.4. The second-order valence-electron chi connectivity index (χ2n) is 3.02. The summed E-state index contributed by atoms with van der Waals surface area (Å²) in [7, 11) is 1.61. The first-order chi connectivity index (χ1) is 7.78. The van der Waals surface area contributed by atoms with Crippen molar-refractivity contribution in [3.8, 4) is 11.6 Å². The van der Waals surface area contributed by atoms with Crippen LogP contribution in [0.5, 0.6) is 11.6 Å². The summed E-state index contributed by atoms with van der Waals surface area (Å²) in [5.41, 5.74) is 0. The molecule has 4 nitrogen and oxygen atoms in total. The van der Waals surface area contributed by atoms with Gasteiger partial charge in [0, 0.05) is 7.05 Å². The smallest absolute Gasteiger partial charge is 0.228 e. The van der Waals surface area contributed by atoms with Crippen molar-refractivity contribution in [2.24, 2.45) is 0 Å². The van der Waals surface area contributed by atoms with E-state index in [2.05, 4.69) is 15.3 Å². The van der Waals surface area contributed by atoms with Crippen LogP contribution in [-0.2, 0) is 0 Å². The molecular weight excluding hydrogens is 209 g/mol. The highest BCUT2D eigenvalue weighted by Gasteiger charge is 2.04. The minimum Gasteiger partial charge on any atom is -0.439 e. The first kappa shape index (κ1) is 10.4. The lowest BCUT2D eigenvalue weighted by Crippen LogP contribution is -2.00. The van der Waals surface area contributed by atoms with Crippen molar-refractivity contribution in [2.75, 3.05) is 12.4 Å². The van der Waals surface area contributed by atoms with E-state index in [-0.39, 0.29) is 11.8 Å². The van der Waals surface area contributed by atoms with Crippen molar-refractivity contribution in [1.82, 2.24) is 9.97 Å². The molecule has 0 saturated heterocycles. The molecular formula is C11H10FN3O. The number of ether oxygens (including phenoxy) is 1. The van der Waals surface area contributed by atoms with Crippen molar-refractivity contribution in [3.63, 3.8) is 0 Å². The highest BCUT2D eigenvalue weighted by atomic mass is 19.1. The minimum atomic E-state index is -0.634. The number of halogens is 1. The number of para-hydroxylation sites is 1. The Labute approximate surface area is 92.1 Å². The van der Waals surface area contributed by atoms with Gasteiger partial charge < -0.3 is 10.1 Å². The maximum absolute atomic E-state index is 13.0. The monoisotopic (exact) mass is 219 g/mol. The van der Waals surface area contributed by atoms with Crippen LogP contribution in [-0.4, -0.2) is 17.0 Å². The quantitative estimate of drug-likeness (QED) is 0.805. The minimum absolute atomic E-state index is 0.169. The molecule has 0 aliphatic carbocycles. The predicted molar refractivity (Wildman–Crippen MR) is 58.1 cm³/mol. The molecule has 82 valence electrons. The van der Waals surface area contributed by atoms with E-state index >= 15 is 0 Å². The third-order valence-corrected chi connectivity index (χ3v) is 1.86. The Hall–Kier alpha value is -2.17. The summed E-state index contributed by atoms with van der Waals surface area (Å²) in [6.45, 7) is 0. The highest BCUT2D eigenvalue weighted by molar-refractivity contribution is 5.31. The molecule has 0 amide bonds. The molecule has 0 unspecified atom stereocenters. The maximum atomic E-state index is 13.0. The molecule has 2 rings (SSSR count). The lowest BCUT2D eigenvalue weighted by molar-refractivity contribution is 0.452. The lowest BCUT2D eigenvalue weighted by Gasteiger charge is -2.05. The molecule has 2 aromatic rings. The third-order valence-electron chi connectivity index (χ3n) is 1.86. The van der Waals surface area contributed by atoms with Gasteiger partial charge in [0.15, 0.2) is 0 Å². The van der Waals surface area contributed by atoms with Gasteiger partial charge >= 0.3 is 0 Å². The van der Waals surface area contributed by atoms with Gasteiger partial charge in [-0.1, -0.05) is 18.2 Å². The van der Waals surface area contributed by atoms with Gasteiger partial charge in [-0.25, -0.2) is 0 Å². The molecule has 0 aliphatic rings. The summed E-state index contributed by atoms with van der Waals surface area (Å²) in [5, 5.41) is 2.65. The first-order valence-corrected chi connectivity index (χ1v) is 4.73. The van der Waals surface area contributed by atoms with Crippen LogP contribution in [0.15, 0.2) is 36.4 Å². The van der Waals surface area contributed by atoms with Crippen molar-refractivity contribution < 1.29 is 9.13 Å². The van der Waals surface area contributed by atoms with E-state index in [1.165, 1.54) is 0 Å². The Morgan fingerprint density at radius 3 is 2.62 bits per heavy atom. The van der Waals surface area contributed by atoms with Crippen molar-refractivity contribution >= 4 is 5.95 Å². The summed E-state index contributed by atoms with van der Waals surface area (Å²) in [5.74, 6) is 0.321. The van der Waals surface area contributed by atoms with Gasteiger partial charge in [0.1, 0.15) is 5.75 Å². The molecule has 1 aromatic carbocycles. The van der Waals surface area contributed by atoms with Crippen LogP contribution in [0, 0.1) is 5.95 Å². The fraction of sp³-hybridized carbons (Fsp3) is 0.0909. The van der Waals surface area contributed by atoms with Crippen LogP contribution in [0.25, 0.3) is 0 Å². The van der Waals surface area contributed by atoms with Crippen molar-refractivity contribution in [3.05, 3.63) is 42.3 Å². The van der Waals surface area contributed by atoms with Gasteiger partial charge in [-0.15, -0.1) is 0 Å². The molecule has 0 spiro atoms. The van der Waals surface area contributed by atoms with Gasteiger partial charge in [0.05, 0.1) is 6.07 Å². The Morgan fingerprint density at radius 1 is 1.19 bits per heavy atom. The second kappa shape index (κ2) is 4.57. The number of benzene rings is 1. The molecule has 0 radical (unpaired) electrons. The van der Waals surface area contributed by atoms with Gasteiger partial charge in [0.25, 0.3) is 0 Å². The van der Waals surface area contributed by atoms with E-state index in [0.717, 1.165) is 6.07 Å². The zero-order valence-electron chi connectivity index (χ0n) is 8.64. The average molecular weight is 219 g/mol. The Kier molecular flexibility index (Phi) is 2.95. The molecule has 1 N–H and O–H groups in total. The van der Waals surface area contributed by atoms with Gasteiger partial charge in [-0.2, -0.15) is 14.4 Å². The van der Waals surface area contributed by atoms with E-state index < -0.39 is 5.95 Å². The van der Waals surface area contributed by atoms with Crippen LogP contribution in [0.3, 0.4) is 0 Å². The van der Waals surface area contributed by atoms with E-state index in [4.69, 9.17) is 4.74 Å². The Balaban J connectivity index is 2.24. The third kappa shape index (κ3) is 2.44. The van der Waals surface area contributed by atoms with Crippen molar-refractivity contribution in [1.29, 1.82) is 0 Å². The van der Waals surface area contributed by atoms with Crippen LogP contribution in [0.4, 0.5) is 10.3 Å². The Morgan fingerprint density at radius 2 is 1.94 bits per heavy atom. The lowest BCUT2D eigenvalue weighted by atomic mass is 10.3. The van der Waals surface area contributed by atoms with Gasteiger partial charge in [0.2, 0.25) is 17.8 Å². The number of hydrogen-bond donors (Lipinski definition) is 1. The molecule has 0 bridgehead atoms. The first-order valence-electron chi connectivity index (χ1n) is 4.73. The highest BCUT2D eigenvalue weighted by Crippen LogP contribution is 2.19. The van der Waals surface area contributed by atoms with Crippen LogP contribution < -0.4 is 10.1 Å². The second-order valence-corrected chi connectivity index (χ2v) is 3.02. The number of hydrogen-bond acceptors (Lipinski definition) is 4.